The van der Waals surface area contributed by atoms with Crippen molar-refractivity contribution in [2.75, 3.05) is 19.7 Å². The van der Waals surface area contributed by atoms with Gasteiger partial charge < -0.3 is 10.1 Å². The van der Waals surface area contributed by atoms with Gasteiger partial charge in [-0.15, -0.1) is 0 Å². The van der Waals surface area contributed by atoms with Crippen LogP contribution in [-0.2, 0) is 0 Å². The zero-order valence-corrected chi connectivity index (χ0v) is 12.5. The smallest absolute Gasteiger partial charge is 0.126 e. The van der Waals surface area contributed by atoms with Crippen molar-refractivity contribution < 1.29 is 4.74 Å². The van der Waals surface area contributed by atoms with Crippen molar-refractivity contribution in [3.8, 4) is 5.75 Å². The predicted molar refractivity (Wildman–Crippen MR) is 83.7 cm³/mol. The summed E-state index contributed by atoms with van der Waals surface area (Å²) in [5.41, 5.74) is 2.51. The second-order valence-corrected chi connectivity index (χ2v) is 4.77. The van der Waals surface area contributed by atoms with E-state index in [0.717, 1.165) is 38.3 Å². The zero-order chi connectivity index (χ0) is 13.9. The summed E-state index contributed by atoms with van der Waals surface area (Å²) >= 11 is 0. The molecule has 1 rings (SSSR count). The zero-order valence-electron chi connectivity index (χ0n) is 12.5. The van der Waals surface area contributed by atoms with Gasteiger partial charge in [-0.3, -0.25) is 0 Å². The first-order valence-corrected chi connectivity index (χ1v) is 7.39. The topological polar surface area (TPSA) is 21.3 Å². The van der Waals surface area contributed by atoms with Gasteiger partial charge in [0.15, 0.2) is 0 Å². The lowest BCUT2D eigenvalue weighted by Crippen LogP contribution is -2.15. The SMILES string of the molecule is CCCNCC/C=C(/C)c1ccccc1OCCC. The van der Waals surface area contributed by atoms with E-state index in [0.29, 0.717) is 0 Å². The minimum atomic E-state index is 0.780. The monoisotopic (exact) mass is 261 g/mol. The summed E-state index contributed by atoms with van der Waals surface area (Å²) < 4.78 is 5.80. The lowest BCUT2D eigenvalue weighted by molar-refractivity contribution is 0.316. The van der Waals surface area contributed by atoms with Crippen LogP contribution in [-0.4, -0.2) is 19.7 Å². The Hall–Kier alpha value is -1.28. The van der Waals surface area contributed by atoms with E-state index in [1.165, 1.54) is 17.6 Å². The fourth-order valence-corrected chi connectivity index (χ4v) is 1.93. The van der Waals surface area contributed by atoms with Gasteiger partial charge in [-0.25, -0.2) is 0 Å². The molecule has 1 aromatic carbocycles. The molecule has 0 bridgehead atoms. The highest BCUT2D eigenvalue weighted by Gasteiger charge is 2.03. The van der Waals surface area contributed by atoms with Gasteiger partial charge in [-0.05, 0) is 50.9 Å². The molecule has 0 saturated heterocycles. The van der Waals surface area contributed by atoms with Crippen molar-refractivity contribution in [2.45, 2.75) is 40.0 Å². The number of allylic oxidation sites excluding steroid dienone is 1. The molecule has 0 unspecified atom stereocenters. The minimum absolute atomic E-state index is 0.780. The molecule has 2 nitrogen and oxygen atoms in total. The molecule has 1 N–H and O–H groups in total. The lowest BCUT2D eigenvalue weighted by atomic mass is 10.1. The molecule has 0 radical (unpaired) electrons. The third-order valence-electron chi connectivity index (χ3n) is 2.97. The molecule has 0 saturated carbocycles. The Morgan fingerprint density at radius 1 is 1.16 bits per heavy atom. The van der Waals surface area contributed by atoms with Gasteiger partial charge >= 0.3 is 0 Å². The molecule has 2 heteroatoms. The van der Waals surface area contributed by atoms with Crippen molar-refractivity contribution in [2.24, 2.45) is 0 Å². The third-order valence-corrected chi connectivity index (χ3v) is 2.97. The molecule has 0 aliphatic rings. The molecule has 0 fully saturated rings. The van der Waals surface area contributed by atoms with Crippen LogP contribution in [0.15, 0.2) is 30.3 Å². The molecular weight excluding hydrogens is 234 g/mol. The van der Waals surface area contributed by atoms with Crippen molar-refractivity contribution in [3.05, 3.63) is 35.9 Å². The van der Waals surface area contributed by atoms with E-state index < -0.39 is 0 Å². The first kappa shape index (κ1) is 15.8. The predicted octanol–water partition coefficient (Wildman–Crippen LogP) is 4.27. The van der Waals surface area contributed by atoms with Gasteiger partial charge in [-0.1, -0.05) is 38.1 Å². The minimum Gasteiger partial charge on any atom is -0.493 e. The second kappa shape index (κ2) is 9.62. The molecule has 0 spiro atoms. The highest BCUT2D eigenvalue weighted by molar-refractivity contribution is 5.68. The van der Waals surface area contributed by atoms with Crippen molar-refractivity contribution in [3.63, 3.8) is 0 Å². The van der Waals surface area contributed by atoms with Gasteiger partial charge in [0.1, 0.15) is 5.75 Å². The van der Waals surface area contributed by atoms with Crippen LogP contribution in [0, 0.1) is 0 Å². The maximum absolute atomic E-state index is 5.80. The molecule has 106 valence electrons. The Morgan fingerprint density at radius 3 is 2.68 bits per heavy atom. The van der Waals surface area contributed by atoms with Crippen LogP contribution in [0.25, 0.3) is 5.57 Å². The van der Waals surface area contributed by atoms with Crippen LogP contribution in [0.1, 0.15) is 45.6 Å². The van der Waals surface area contributed by atoms with E-state index in [4.69, 9.17) is 4.74 Å². The summed E-state index contributed by atoms with van der Waals surface area (Å²) in [4.78, 5) is 0. The Morgan fingerprint density at radius 2 is 1.95 bits per heavy atom. The summed E-state index contributed by atoms with van der Waals surface area (Å²) in [6.07, 6.45) is 5.58. The van der Waals surface area contributed by atoms with Gasteiger partial charge in [0.05, 0.1) is 6.61 Å². The standard InChI is InChI=1S/C17H27NO/c1-4-12-18-13-8-9-15(3)16-10-6-7-11-17(16)19-14-5-2/h6-7,9-11,18H,4-5,8,12-14H2,1-3H3/b15-9-. The van der Waals surface area contributed by atoms with Gasteiger partial charge in [0.25, 0.3) is 0 Å². The van der Waals surface area contributed by atoms with Gasteiger partial charge in [0.2, 0.25) is 0 Å². The fraction of sp³-hybridized carbons (Fsp3) is 0.529. The Labute approximate surface area is 117 Å². The Bertz CT molecular complexity index is 385. The van der Waals surface area contributed by atoms with E-state index in [9.17, 15) is 0 Å². The highest BCUT2D eigenvalue weighted by Crippen LogP contribution is 2.25. The summed E-state index contributed by atoms with van der Waals surface area (Å²) in [7, 11) is 0. The van der Waals surface area contributed by atoms with Crippen LogP contribution in [0.4, 0.5) is 0 Å². The normalized spacial score (nSPS) is 11.6. The van der Waals surface area contributed by atoms with E-state index in [2.05, 4.69) is 50.4 Å². The number of rotatable bonds is 9. The van der Waals surface area contributed by atoms with E-state index >= 15 is 0 Å². The molecule has 1 aromatic rings. The van der Waals surface area contributed by atoms with Crippen LogP contribution < -0.4 is 10.1 Å². The Balaban J connectivity index is 2.59. The maximum Gasteiger partial charge on any atom is 0.126 e. The number of benzene rings is 1. The highest BCUT2D eigenvalue weighted by atomic mass is 16.5. The number of ether oxygens (including phenoxy) is 1. The summed E-state index contributed by atoms with van der Waals surface area (Å²) in [6, 6.07) is 8.29. The number of para-hydroxylation sites is 1. The molecule has 0 atom stereocenters. The van der Waals surface area contributed by atoms with E-state index in [1.54, 1.807) is 0 Å². The van der Waals surface area contributed by atoms with Crippen LogP contribution >= 0.6 is 0 Å². The number of hydrogen-bond acceptors (Lipinski definition) is 2. The molecule has 0 amide bonds. The van der Waals surface area contributed by atoms with E-state index in [1.807, 2.05) is 6.07 Å². The van der Waals surface area contributed by atoms with Crippen LogP contribution in [0.5, 0.6) is 5.75 Å². The van der Waals surface area contributed by atoms with Crippen LogP contribution in [0.3, 0.4) is 0 Å². The molecule has 19 heavy (non-hydrogen) atoms. The van der Waals surface area contributed by atoms with Crippen molar-refractivity contribution in [1.29, 1.82) is 0 Å². The molecule has 0 heterocycles. The first-order valence-electron chi connectivity index (χ1n) is 7.39. The average Bonchev–Trinajstić information content (AvgIpc) is 2.45. The number of hydrogen-bond donors (Lipinski definition) is 1. The quantitative estimate of drug-likeness (QED) is 0.670. The Kier molecular flexibility index (Phi) is 7.99. The van der Waals surface area contributed by atoms with Crippen LogP contribution in [0.2, 0.25) is 0 Å². The third kappa shape index (κ3) is 5.93. The first-order chi connectivity index (χ1) is 9.29. The largest absolute Gasteiger partial charge is 0.493 e. The van der Waals surface area contributed by atoms with Gasteiger partial charge in [-0.2, -0.15) is 0 Å². The lowest BCUT2D eigenvalue weighted by Gasteiger charge is -2.11. The summed E-state index contributed by atoms with van der Waals surface area (Å²) in [5.74, 6) is 1.000. The second-order valence-electron chi connectivity index (χ2n) is 4.77. The molecular formula is C17H27NO. The molecule has 0 aliphatic carbocycles. The maximum atomic E-state index is 5.80. The number of nitrogens with one attached hydrogen (secondary N) is 1. The summed E-state index contributed by atoms with van der Waals surface area (Å²) in [5, 5.41) is 3.41. The van der Waals surface area contributed by atoms with Crippen molar-refractivity contribution in [1.82, 2.24) is 5.32 Å². The van der Waals surface area contributed by atoms with Crippen molar-refractivity contribution >= 4 is 5.57 Å². The molecule has 0 aliphatic heterocycles. The van der Waals surface area contributed by atoms with E-state index in [-0.39, 0.29) is 0 Å². The molecule has 0 aromatic heterocycles. The average molecular weight is 261 g/mol. The van der Waals surface area contributed by atoms with Gasteiger partial charge in [0, 0.05) is 5.56 Å². The fourth-order valence-electron chi connectivity index (χ4n) is 1.93. The summed E-state index contributed by atoms with van der Waals surface area (Å²) in [6.45, 7) is 9.41.